The van der Waals surface area contributed by atoms with Crippen LogP contribution in [0.15, 0.2) is 22.6 Å². The zero-order valence-electron chi connectivity index (χ0n) is 16.9. The number of rotatable bonds is 2. The number of furan rings is 1. The van der Waals surface area contributed by atoms with Gasteiger partial charge in [-0.3, -0.25) is 0 Å². The second-order valence-corrected chi connectivity index (χ2v) is 7.99. The minimum Gasteiger partial charge on any atom is -0.461 e. The molecule has 0 atom stereocenters. The van der Waals surface area contributed by atoms with E-state index in [-0.39, 0.29) is 6.03 Å². The molecule has 0 unspecified atom stereocenters. The van der Waals surface area contributed by atoms with Gasteiger partial charge in [0.2, 0.25) is 0 Å². The van der Waals surface area contributed by atoms with E-state index >= 15 is 0 Å². The fourth-order valence-electron chi connectivity index (χ4n) is 4.38. The monoisotopic (exact) mass is 394 g/mol. The lowest BCUT2D eigenvalue weighted by atomic mass is 9.96. The van der Waals surface area contributed by atoms with Crippen LogP contribution < -0.4 is 10.6 Å². The van der Waals surface area contributed by atoms with Crippen LogP contribution in [0.2, 0.25) is 0 Å². The summed E-state index contributed by atoms with van der Waals surface area (Å²) in [5.41, 5.74) is 2.77. The van der Waals surface area contributed by atoms with Crippen molar-refractivity contribution < 1.29 is 9.21 Å². The number of hydrogen-bond acceptors (Lipinski definition) is 5. The molecule has 0 aliphatic carbocycles. The molecule has 8 nitrogen and oxygen atoms in total. The number of aromatic nitrogens is 3. The molecule has 2 aliphatic heterocycles. The van der Waals surface area contributed by atoms with E-state index < -0.39 is 0 Å². The van der Waals surface area contributed by atoms with E-state index in [0.29, 0.717) is 5.92 Å². The first-order valence-corrected chi connectivity index (χ1v) is 10.3. The zero-order valence-corrected chi connectivity index (χ0v) is 16.9. The van der Waals surface area contributed by atoms with Gasteiger partial charge in [-0.2, -0.15) is 0 Å². The highest BCUT2D eigenvalue weighted by Gasteiger charge is 2.28. The molecule has 0 radical (unpaired) electrons. The smallest absolute Gasteiger partial charge is 0.321 e. The van der Waals surface area contributed by atoms with Crippen molar-refractivity contribution in [2.24, 2.45) is 0 Å². The first-order valence-electron chi connectivity index (χ1n) is 10.3. The van der Waals surface area contributed by atoms with Gasteiger partial charge in [0.15, 0.2) is 0 Å². The maximum atomic E-state index is 12.8. The maximum Gasteiger partial charge on any atom is 0.321 e. The predicted octanol–water partition coefficient (Wildman–Crippen LogP) is 3.16. The Kier molecular flexibility index (Phi) is 4.50. The Labute approximate surface area is 169 Å². The van der Waals surface area contributed by atoms with Gasteiger partial charge in [-0.1, -0.05) is 0 Å². The third-order valence-electron chi connectivity index (χ3n) is 6.22. The fraction of sp³-hybridized carbons (Fsp3) is 0.476. The third kappa shape index (κ3) is 3.27. The van der Waals surface area contributed by atoms with Crippen LogP contribution in [0.25, 0.3) is 11.0 Å². The van der Waals surface area contributed by atoms with Crippen molar-refractivity contribution in [1.29, 1.82) is 0 Å². The summed E-state index contributed by atoms with van der Waals surface area (Å²) in [5, 5.41) is 16.2. The van der Waals surface area contributed by atoms with Crippen molar-refractivity contribution in [2.45, 2.75) is 45.7 Å². The van der Waals surface area contributed by atoms with Crippen molar-refractivity contribution in [3.8, 4) is 0 Å². The number of amides is 2. The molecule has 2 N–H and O–H groups in total. The highest BCUT2D eigenvalue weighted by atomic mass is 16.3. The number of carbonyl (C=O) groups is 1. The lowest BCUT2D eigenvalue weighted by molar-refractivity contribution is 0.192. The molecule has 3 aromatic rings. The Balaban J connectivity index is 1.23. The molecule has 152 valence electrons. The highest BCUT2D eigenvalue weighted by molar-refractivity contribution is 5.93. The molecule has 1 saturated heterocycles. The largest absolute Gasteiger partial charge is 0.461 e. The van der Waals surface area contributed by atoms with Gasteiger partial charge in [0, 0.05) is 43.2 Å². The Morgan fingerprint density at radius 1 is 1.21 bits per heavy atom. The van der Waals surface area contributed by atoms with Crippen LogP contribution in [0.5, 0.6) is 0 Å². The standard InChI is InChI=1S/C21H26N6O2/c1-13-14(2)29-18-4-3-16(11-17(13)18)23-21(28)26-8-5-15(6-9-26)20-25-24-19-12-22-7-10-27(19)20/h3-4,11,15,22H,5-10,12H2,1-2H3,(H,23,28). The Morgan fingerprint density at radius 2 is 2.03 bits per heavy atom. The second-order valence-electron chi connectivity index (χ2n) is 7.99. The molecule has 2 aromatic heterocycles. The average molecular weight is 394 g/mol. The number of nitrogens with zero attached hydrogens (tertiary/aromatic N) is 4. The number of urea groups is 1. The lowest BCUT2D eigenvalue weighted by Crippen LogP contribution is -2.41. The zero-order chi connectivity index (χ0) is 20.0. The van der Waals surface area contributed by atoms with Crippen molar-refractivity contribution >= 4 is 22.7 Å². The lowest BCUT2D eigenvalue weighted by Gasteiger charge is -2.32. The molecule has 1 aromatic carbocycles. The summed E-state index contributed by atoms with van der Waals surface area (Å²) in [6.45, 7) is 8.12. The van der Waals surface area contributed by atoms with Crippen molar-refractivity contribution in [3.05, 3.63) is 41.2 Å². The van der Waals surface area contributed by atoms with E-state index in [2.05, 4.69) is 25.4 Å². The molecule has 8 heteroatoms. The molecular weight excluding hydrogens is 368 g/mol. The number of nitrogens with one attached hydrogen (secondary N) is 2. The van der Waals surface area contributed by atoms with Gasteiger partial charge in [-0.05, 0) is 50.5 Å². The van der Waals surface area contributed by atoms with Gasteiger partial charge >= 0.3 is 6.03 Å². The van der Waals surface area contributed by atoms with Gasteiger partial charge in [-0.25, -0.2) is 4.79 Å². The summed E-state index contributed by atoms with van der Waals surface area (Å²) >= 11 is 0. The molecule has 0 spiro atoms. The summed E-state index contributed by atoms with van der Waals surface area (Å²) in [6.07, 6.45) is 1.83. The molecule has 29 heavy (non-hydrogen) atoms. The number of hydrogen-bond donors (Lipinski definition) is 2. The van der Waals surface area contributed by atoms with E-state index in [1.165, 1.54) is 0 Å². The third-order valence-corrected chi connectivity index (χ3v) is 6.22. The molecule has 1 fully saturated rings. The number of benzene rings is 1. The van der Waals surface area contributed by atoms with Crippen LogP contribution >= 0.6 is 0 Å². The van der Waals surface area contributed by atoms with Gasteiger partial charge in [-0.15, -0.1) is 10.2 Å². The number of carbonyl (C=O) groups excluding carboxylic acids is 1. The van der Waals surface area contributed by atoms with E-state index in [1.54, 1.807) is 0 Å². The van der Waals surface area contributed by atoms with Gasteiger partial charge in [0.1, 0.15) is 23.0 Å². The average Bonchev–Trinajstić information content (AvgIpc) is 3.29. The molecule has 5 rings (SSSR count). The first-order chi connectivity index (χ1) is 14.1. The Morgan fingerprint density at radius 3 is 2.86 bits per heavy atom. The van der Waals surface area contributed by atoms with Gasteiger partial charge in [0.05, 0.1) is 6.54 Å². The number of anilines is 1. The quantitative estimate of drug-likeness (QED) is 0.697. The Hall–Kier alpha value is -2.87. The van der Waals surface area contributed by atoms with Crippen LogP contribution in [0, 0.1) is 13.8 Å². The predicted molar refractivity (Wildman–Crippen MR) is 110 cm³/mol. The van der Waals surface area contributed by atoms with Crippen molar-refractivity contribution in [2.75, 3.05) is 25.0 Å². The fourth-order valence-corrected chi connectivity index (χ4v) is 4.38. The molecule has 0 bridgehead atoms. The normalized spacial score (nSPS) is 17.5. The van der Waals surface area contributed by atoms with E-state index in [9.17, 15) is 4.79 Å². The van der Waals surface area contributed by atoms with Crippen molar-refractivity contribution in [3.63, 3.8) is 0 Å². The summed E-state index contributed by atoms with van der Waals surface area (Å²) in [7, 11) is 0. The minimum atomic E-state index is -0.0480. The highest BCUT2D eigenvalue weighted by Crippen LogP contribution is 2.29. The summed E-state index contributed by atoms with van der Waals surface area (Å²) in [4.78, 5) is 14.7. The molecule has 2 amide bonds. The Bertz CT molecular complexity index is 1060. The minimum absolute atomic E-state index is 0.0480. The van der Waals surface area contributed by atoms with Crippen LogP contribution in [0.4, 0.5) is 10.5 Å². The number of fused-ring (bicyclic) bond motifs is 2. The molecule has 0 saturated carbocycles. The van der Waals surface area contributed by atoms with E-state index in [1.807, 2.05) is 36.9 Å². The molecular formula is C21H26N6O2. The summed E-state index contributed by atoms with van der Waals surface area (Å²) < 4.78 is 7.97. The SMILES string of the molecule is Cc1oc2ccc(NC(=O)N3CCC(c4nnc5n4CCNC5)CC3)cc2c1C. The maximum absolute atomic E-state index is 12.8. The van der Waals surface area contributed by atoms with Crippen LogP contribution in [0.3, 0.4) is 0 Å². The number of aryl methyl sites for hydroxylation is 2. The second kappa shape index (κ2) is 7.18. The van der Waals surface area contributed by atoms with E-state index in [0.717, 1.165) is 85.2 Å². The first kappa shape index (κ1) is 18.2. The number of likely N-dealkylation sites (tertiary alicyclic amines) is 1. The van der Waals surface area contributed by atoms with Crippen molar-refractivity contribution in [1.82, 2.24) is 25.0 Å². The van der Waals surface area contributed by atoms with Crippen LogP contribution in [-0.2, 0) is 13.1 Å². The molecule has 2 aliphatic rings. The van der Waals surface area contributed by atoms with Gasteiger partial charge < -0.3 is 24.5 Å². The topological polar surface area (TPSA) is 88.2 Å². The number of piperidine rings is 1. The van der Waals surface area contributed by atoms with Gasteiger partial charge in [0.25, 0.3) is 0 Å². The van der Waals surface area contributed by atoms with Crippen LogP contribution in [-0.4, -0.2) is 45.3 Å². The summed E-state index contributed by atoms with van der Waals surface area (Å²) in [6, 6.07) is 5.75. The van der Waals surface area contributed by atoms with Crippen LogP contribution in [0.1, 0.15) is 41.7 Å². The van der Waals surface area contributed by atoms with E-state index in [4.69, 9.17) is 4.42 Å². The molecule has 4 heterocycles. The summed E-state index contributed by atoms with van der Waals surface area (Å²) in [5.74, 6) is 3.38.